The van der Waals surface area contributed by atoms with Crippen molar-refractivity contribution in [2.45, 2.75) is 19.3 Å². The summed E-state index contributed by atoms with van der Waals surface area (Å²) in [5.74, 6) is 0.732. The maximum Gasteiger partial charge on any atom is 0.196 e. The molecule has 1 saturated heterocycles. The first kappa shape index (κ1) is 26.3. The van der Waals surface area contributed by atoms with Crippen molar-refractivity contribution in [2.75, 3.05) is 26.2 Å². The first-order valence-corrected chi connectivity index (χ1v) is 12.9. The van der Waals surface area contributed by atoms with Crippen molar-refractivity contribution in [1.82, 2.24) is 4.90 Å². The summed E-state index contributed by atoms with van der Waals surface area (Å²) < 4.78 is 6.71. The summed E-state index contributed by atoms with van der Waals surface area (Å²) in [7, 11) is 0. The molecular formula is C28H27Cl2NO4S. The molecule has 8 heteroatoms. The number of piperidine rings is 1. The predicted molar refractivity (Wildman–Crippen MR) is 149 cm³/mol. The van der Waals surface area contributed by atoms with Crippen LogP contribution in [0.3, 0.4) is 0 Å². The third kappa shape index (κ3) is 5.62. The average Bonchev–Trinajstić information content (AvgIpc) is 3.23. The van der Waals surface area contributed by atoms with Crippen molar-refractivity contribution in [1.29, 1.82) is 0 Å². The van der Waals surface area contributed by atoms with E-state index in [4.69, 9.17) is 16.3 Å². The number of likely N-dealkylation sites (tertiary alicyclic amines) is 1. The number of carbonyl (C=O) groups is 1. The zero-order valence-corrected chi connectivity index (χ0v) is 22.0. The number of hydrogen-bond donors (Lipinski definition) is 2. The van der Waals surface area contributed by atoms with Crippen molar-refractivity contribution in [2.24, 2.45) is 0 Å². The van der Waals surface area contributed by atoms with Gasteiger partial charge in [-0.05, 0) is 92.2 Å². The normalized spacial score (nSPS) is 13.9. The molecule has 5 nitrogen and oxygen atoms in total. The second-order valence-corrected chi connectivity index (χ2v) is 10.2. The van der Waals surface area contributed by atoms with Gasteiger partial charge in [0.15, 0.2) is 5.78 Å². The largest absolute Gasteiger partial charge is 0.508 e. The van der Waals surface area contributed by atoms with Gasteiger partial charge in [0.05, 0.1) is 5.02 Å². The Morgan fingerprint density at radius 1 is 0.944 bits per heavy atom. The van der Waals surface area contributed by atoms with Gasteiger partial charge in [0, 0.05) is 32.6 Å². The molecule has 0 aliphatic carbocycles. The first-order valence-electron chi connectivity index (χ1n) is 11.7. The minimum Gasteiger partial charge on any atom is -0.508 e. The van der Waals surface area contributed by atoms with Gasteiger partial charge in [0.1, 0.15) is 23.9 Å². The van der Waals surface area contributed by atoms with Crippen molar-refractivity contribution in [3.8, 4) is 27.7 Å². The van der Waals surface area contributed by atoms with E-state index in [1.807, 2.05) is 0 Å². The lowest BCUT2D eigenvalue weighted by molar-refractivity contribution is 0.104. The fourth-order valence-corrected chi connectivity index (χ4v) is 6.00. The summed E-state index contributed by atoms with van der Waals surface area (Å²) >= 11 is 8.00. The van der Waals surface area contributed by atoms with E-state index < -0.39 is 0 Å². The number of ether oxygens (including phenoxy) is 1. The molecule has 0 unspecified atom stereocenters. The van der Waals surface area contributed by atoms with E-state index in [1.165, 1.54) is 30.6 Å². The Kier molecular flexibility index (Phi) is 8.42. The Morgan fingerprint density at radius 2 is 1.67 bits per heavy atom. The molecule has 0 atom stereocenters. The van der Waals surface area contributed by atoms with Gasteiger partial charge in [0.25, 0.3) is 0 Å². The number of aromatic hydroxyl groups is 2. The van der Waals surface area contributed by atoms with Crippen LogP contribution in [-0.2, 0) is 0 Å². The fraction of sp³-hybridized carbons (Fsp3) is 0.250. The molecule has 3 aromatic carbocycles. The van der Waals surface area contributed by atoms with Crippen LogP contribution in [0.1, 0.15) is 35.2 Å². The van der Waals surface area contributed by atoms with Gasteiger partial charge >= 0.3 is 0 Å². The number of phenols is 2. The van der Waals surface area contributed by atoms with Crippen molar-refractivity contribution < 1.29 is 19.7 Å². The molecule has 0 amide bonds. The lowest BCUT2D eigenvalue weighted by Crippen LogP contribution is -2.33. The summed E-state index contributed by atoms with van der Waals surface area (Å²) in [6.45, 7) is 3.69. The Balaban J connectivity index is 0.00000304. The highest BCUT2D eigenvalue weighted by molar-refractivity contribution is 7.22. The SMILES string of the molecule is Cl.O=C(c1ccc(OCCN2CCCCC2)cc1Cl)c1c(-c2ccc(O)cc2)sc2cc(O)ccc12. The summed E-state index contributed by atoms with van der Waals surface area (Å²) in [4.78, 5) is 17.0. The van der Waals surface area contributed by atoms with Crippen LogP contribution in [0.15, 0.2) is 60.7 Å². The first-order chi connectivity index (χ1) is 17.0. The molecule has 36 heavy (non-hydrogen) atoms. The van der Waals surface area contributed by atoms with Gasteiger partial charge in [-0.1, -0.05) is 18.0 Å². The molecular weight excluding hydrogens is 517 g/mol. The highest BCUT2D eigenvalue weighted by Gasteiger charge is 2.24. The second-order valence-electron chi connectivity index (χ2n) is 8.76. The van der Waals surface area contributed by atoms with Crippen molar-refractivity contribution >= 4 is 51.2 Å². The third-order valence-electron chi connectivity index (χ3n) is 6.34. The highest BCUT2D eigenvalue weighted by atomic mass is 35.5. The van der Waals surface area contributed by atoms with E-state index in [9.17, 15) is 15.0 Å². The second kappa shape index (κ2) is 11.5. The van der Waals surface area contributed by atoms with E-state index in [1.54, 1.807) is 60.7 Å². The van der Waals surface area contributed by atoms with Crippen molar-refractivity contribution in [3.05, 3.63) is 76.8 Å². The Bertz CT molecular complexity index is 1360. The van der Waals surface area contributed by atoms with Crippen LogP contribution in [-0.4, -0.2) is 47.1 Å². The van der Waals surface area contributed by atoms with Gasteiger partial charge in [-0.25, -0.2) is 0 Å². The summed E-state index contributed by atoms with van der Waals surface area (Å²) in [5, 5.41) is 20.8. The summed E-state index contributed by atoms with van der Waals surface area (Å²) in [6, 6.07) is 16.9. The van der Waals surface area contributed by atoms with E-state index in [-0.39, 0.29) is 29.7 Å². The molecule has 1 aliphatic heterocycles. The lowest BCUT2D eigenvalue weighted by atomic mass is 9.97. The van der Waals surface area contributed by atoms with Crippen LogP contribution in [0.4, 0.5) is 0 Å². The molecule has 0 bridgehead atoms. The molecule has 1 aliphatic rings. The molecule has 4 aromatic rings. The number of phenolic OH excluding ortho intramolecular Hbond substituents is 2. The van der Waals surface area contributed by atoms with E-state index in [2.05, 4.69) is 4.90 Å². The molecule has 188 valence electrons. The van der Waals surface area contributed by atoms with Crippen LogP contribution in [0, 0.1) is 0 Å². The van der Waals surface area contributed by atoms with Crippen LogP contribution in [0.2, 0.25) is 5.02 Å². The highest BCUT2D eigenvalue weighted by Crippen LogP contribution is 2.42. The number of fused-ring (bicyclic) bond motifs is 1. The quantitative estimate of drug-likeness (QED) is 0.242. The topological polar surface area (TPSA) is 70.0 Å². The molecule has 0 radical (unpaired) electrons. The van der Waals surface area contributed by atoms with Gasteiger partial charge in [-0.2, -0.15) is 0 Å². The zero-order chi connectivity index (χ0) is 24.4. The lowest BCUT2D eigenvalue weighted by Gasteiger charge is -2.26. The Morgan fingerprint density at radius 3 is 2.39 bits per heavy atom. The predicted octanol–water partition coefficient (Wildman–Crippen LogP) is 7.15. The van der Waals surface area contributed by atoms with Gasteiger partial charge < -0.3 is 14.9 Å². The van der Waals surface area contributed by atoms with E-state index in [0.29, 0.717) is 28.5 Å². The number of carbonyl (C=O) groups excluding carboxylic acids is 1. The number of thiophene rings is 1. The summed E-state index contributed by atoms with van der Waals surface area (Å²) in [6.07, 6.45) is 3.79. The molecule has 0 spiro atoms. The van der Waals surface area contributed by atoms with E-state index >= 15 is 0 Å². The van der Waals surface area contributed by atoms with Crippen LogP contribution >= 0.6 is 35.3 Å². The summed E-state index contributed by atoms with van der Waals surface area (Å²) in [5.41, 5.74) is 1.72. The number of halogens is 2. The third-order valence-corrected chi connectivity index (χ3v) is 7.85. The smallest absolute Gasteiger partial charge is 0.196 e. The van der Waals surface area contributed by atoms with Gasteiger partial charge in [-0.3, -0.25) is 9.69 Å². The fourth-order valence-electron chi connectivity index (χ4n) is 4.51. The molecule has 2 N–H and O–H groups in total. The maximum absolute atomic E-state index is 13.8. The standard InChI is InChI=1S/C28H26ClNO4S.ClH/c29-24-17-21(34-15-14-30-12-2-1-3-13-30)9-11-22(24)27(33)26-23-10-8-20(32)16-25(23)35-28(26)18-4-6-19(31)7-5-18;/h4-11,16-17,31-32H,1-3,12-15H2;1H. The average molecular weight is 545 g/mol. The number of rotatable bonds is 7. The number of hydrogen-bond acceptors (Lipinski definition) is 6. The van der Waals surface area contributed by atoms with Crippen molar-refractivity contribution in [3.63, 3.8) is 0 Å². The van der Waals surface area contributed by atoms with Gasteiger partial charge in [0.2, 0.25) is 0 Å². The molecule has 1 fully saturated rings. The molecule has 1 aromatic heterocycles. The van der Waals surface area contributed by atoms with Crippen LogP contribution in [0.25, 0.3) is 20.5 Å². The zero-order valence-electron chi connectivity index (χ0n) is 19.6. The maximum atomic E-state index is 13.8. The minimum atomic E-state index is -0.199. The van der Waals surface area contributed by atoms with Gasteiger partial charge in [-0.15, -0.1) is 23.7 Å². The number of nitrogens with zero attached hydrogens (tertiary/aromatic N) is 1. The number of ketones is 1. The molecule has 0 saturated carbocycles. The van der Waals surface area contributed by atoms with Crippen LogP contribution < -0.4 is 4.74 Å². The minimum absolute atomic E-state index is 0. The molecule has 5 rings (SSSR count). The Hall–Kier alpha value is -2.77. The van der Waals surface area contributed by atoms with Crippen LogP contribution in [0.5, 0.6) is 17.2 Å². The molecule has 2 heterocycles. The van der Waals surface area contributed by atoms with E-state index in [0.717, 1.165) is 40.2 Å². The Labute approximate surface area is 225 Å². The number of benzene rings is 3. The monoisotopic (exact) mass is 543 g/mol.